The minimum Gasteiger partial charge on any atom is -0.466 e. The molecule has 0 aliphatic heterocycles. The van der Waals surface area contributed by atoms with Crippen molar-refractivity contribution in [2.24, 2.45) is 0 Å². The molecule has 0 saturated heterocycles. The molecule has 0 unspecified atom stereocenters. The van der Waals surface area contributed by atoms with Crippen LogP contribution >= 0.6 is 0 Å². The van der Waals surface area contributed by atoms with Gasteiger partial charge in [0.05, 0.1) is 5.56 Å². The largest absolute Gasteiger partial charge is 0.466 e. The summed E-state index contributed by atoms with van der Waals surface area (Å²) in [6.45, 7) is 4.50. The van der Waals surface area contributed by atoms with E-state index in [4.69, 9.17) is 4.42 Å². The van der Waals surface area contributed by atoms with E-state index in [1.54, 1.807) is 30.3 Å². The lowest BCUT2D eigenvalue weighted by Crippen LogP contribution is -2.36. The molecule has 3 rings (SSSR count). The Morgan fingerprint density at radius 1 is 1.36 bits per heavy atom. The number of nitrogens with one attached hydrogen (secondary N) is 1. The average Bonchev–Trinajstić information content (AvgIpc) is 3.38. The molecule has 0 radical (unpaired) electrons. The van der Waals surface area contributed by atoms with Crippen LogP contribution in [0, 0.1) is 13.8 Å². The number of amides is 2. The Balaban J connectivity index is 1.54. The van der Waals surface area contributed by atoms with Crippen LogP contribution in [0.1, 0.15) is 46.7 Å². The van der Waals surface area contributed by atoms with Crippen LogP contribution in [-0.2, 0) is 11.3 Å². The lowest BCUT2D eigenvalue weighted by Gasteiger charge is -2.22. The van der Waals surface area contributed by atoms with Crippen molar-refractivity contribution in [1.29, 1.82) is 0 Å². The molecule has 6 nitrogen and oxygen atoms in total. The number of rotatable bonds is 7. The fourth-order valence-corrected chi connectivity index (χ4v) is 2.85. The lowest BCUT2D eigenvalue weighted by atomic mass is 10.2. The van der Waals surface area contributed by atoms with Crippen molar-refractivity contribution in [2.75, 3.05) is 6.54 Å². The predicted octanol–water partition coefficient (Wildman–Crippen LogP) is 2.60. The molecule has 132 valence electrons. The zero-order valence-electron chi connectivity index (χ0n) is 14.6. The lowest BCUT2D eigenvalue weighted by molar-refractivity contribution is -0.121. The Morgan fingerprint density at radius 3 is 2.76 bits per heavy atom. The van der Waals surface area contributed by atoms with Crippen molar-refractivity contribution >= 4 is 11.8 Å². The van der Waals surface area contributed by atoms with E-state index in [1.807, 2.05) is 19.1 Å². The third-order valence-corrected chi connectivity index (χ3v) is 4.31. The summed E-state index contributed by atoms with van der Waals surface area (Å²) in [5, 5.41) is 2.87. The minimum atomic E-state index is -0.0672. The molecule has 2 heterocycles. The molecule has 0 bridgehead atoms. The number of aromatic nitrogens is 1. The summed E-state index contributed by atoms with van der Waals surface area (Å²) >= 11 is 0. The molecule has 1 aliphatic rings. The van der Waals surface area contributed by atoms with Gasteiger partial charge in [0.15, 0.2) is 0 Å². The van der Waals surface area contributed by atoms with Crippen LogP contribution < -0.4 is 5.32 Å². The first kappa shape index (κ1) is 17.2. The highest BCUT2D eigenvalue weighted by Crippen LogP contribution is 2.29. The molecule has 1 N–H and O–H groups in total. The van der Waals surface area contributed by atoms with Crippen LogP contribution in [0.15, 0.2) is 35.0 Å². The molecule has 0 aromatic carbocycles. The zero-order valence-corrected chi connectivity index (χ0v) is 14.6. The number of furan rings is 1. The van der Waals surface area contributed by atoms with Crippen LogP contribution in [0.2, 0.25) is 0 Å². The van der Waals surface area contributed by atoms with Crippen molar-refractivity contribution in [3.63, 3.8) is 0 Å². The van der Waals surface area contributed by atoms with Gasteiger partial charge in [-0.2, -0.15) is 0 Å². The van der Waals surface area contributed by atoms with Crippen molar-refractivity contribution in [2.45, 2.75) is 45.7 Å². The van der Waals surface area contributed by atoms with E-state index in [1.165, 1.54) is 0 Å². The van der Waals surface area contributed by atoms with Gasteiger partial charge >= 0.3 is 0 Å². The van der Waals surface area contributed by atoms with Gasteiger partial charge in [0.2, 0.25) is 5.91 Å². The first-order valence-electron chi connectivity index (χ1n) is 8.58. The maximum absolute atomic E-state index is 12.8. The molecule has 1 fully saturated rings. The third-order valence-electron chi connectivity index (χ3n) is 4.31. The van der Waals surface area contributed by atoms with Gasteiger partial charge in [-0.25, -0.2) is 0 Å². The van der Waals surface area contributed by atoms with E-state index >= 15 is 0 Å². The third kappa shape index (κ3) is 4.47. The van der Waals surface area contributed by atoms with E-state index < -0.39 is 0 Å². The normalized spacial score (nSPS) is 13.5. The summed E-state index contributed by atoms with van der Waals surface area (Å²) in [4.78, 5) is 30.7. The second kappa shape index (κ2) is 7.51. The molecule has 2 amide bonds. The minimum absolute atomic E-state index is 0.0445. The highest BCUT2D eigenvalue weighted by Gasteiger charge is 2.34. The van der Waals surface area contributed by atoms with E-state index in [9.17, 15) is 9.59 Å². The summed E-state index contributed by atoms with van der Waals surface area (Å²) in [5.74, 6) is 1.25. The maximum atomic E-state index is 12.8. The first-order valence-corrected chi connectivity index (χ1v) is 8.58. The van der Waals surface area contributed by atoms with E-state index in [-0.39, 0.29) is 17.9 Å². The molecule has 2 aromatic heterocycles. The van der Waals surface area contributed by atoms with Gasteiger partial charge in [-0.1, -0.05) is 6.07 Å². The molecular formula is C19H23N3O3. The molecule has 25 heavy (non-hydrogen) atoms. The number of hydrogen-bond donors (Lipinski definition) is 1. The molecule has 6 heteroatoms. The summed E-state index contributed by atoms with van der Waals surface area (Å²) in [7, 11) is 0. The van der Waals surface area contributed by atoms with Crippen molar-refractivity contribution in [3.8, 4) is 0 Å². The van der Waals surface area contributed by atoms with Gasteiger partial charge in [-0.15, -0.1) is 0 Å². The van der Waals surface area contributed by atoms with Crippen LogP contribution in [-0.4, -0.2) is 34.3 Å². The van der Waals surface area contributed by atoms with Gasteiger partial charge in [-0.3, -0.25) is 14.6 Å². The van der Waals surface area contributed by atoms with Gasteiger partial charge in [0, 0.05) is 37.9 Å². The fourth-order valence-electron chi connectivity index (χ4n) is 2.85. The maximum Gasteiger partial charge on any atom is 0.257 e. The van der Waals surface area contributed by atoms with Gasteiger partial charge in [-0.05, 0) is 44.4 Å². The first-order chi connectivity index (χ1) is 12.0. The van der Waals surface area contributed by atoms with Gasteiger partial charge in [0.1, 0.15) is 11.5 Å². The number of carbonyl (C=O) groups is 2. The summed E-state index contributed by atoms with van der Waals surface area (Å²) < 4.78 is 5.47. The topological polar surface area (TPSA) is 75.4 Å². The highest BCUT2D eigenvalue weighted by molar-refractivity contribution is 5.96. The number of carbonyl (C=O) groups excluding carboxylic acids is 2. The second-order valence-corrected chi connectivity index (χ2v) is 6.44. The fraction of sp³-hybridized carbons (Fsp3) is 0.421. The van der Waals surface area contributed by atoms with Crippen LogP contribution in [0.5, 0.6) is 0 Å². The van der Waals surface area contributed by atoms with E-state index in [0.717, 1.165) is 24.2 Å². The Morgan fingerprint density at radius 2 is 2.16 bits per heavy atom. The molecule has 1 aliphatic carbocycles. The van der Waals surface area contributed by atoms with Gasteiger partial charge < -0.3 is 14.6 Å². The smallest absolute Gasteiger partial charge is 0.257 e. The second-order valence-electron chi connectivity index (χ2n) is 6.44. The monoisotopic (exact) mass is 341 g/mol. The quantitative estimate of drug-likeness (QED) is 0.840. The molecule has 1 saturated carbocycles. The zero-order chi connectivity index (χ0) is 17.8. The van der Waals surface area contributed by atoms with Crippen molar-refractivity contribution in [3.05, 3.63) is 53.2 Å². The Labute approximate surface area is 147 Å². The summed E-state index contributed by atoms with van der Waals surface area (Å²) in [5.41, 5.74) is 1.55. The Bertz CT molecular complexity index is 751. The Hall–Kier alpha value is -2.63. The summed E-state index contributed by atoms with van der Waals surface area (Å²) in [6, 6.07) is 5.77. The number of pyridine rings is 1. The van der Waals surface area contributed by atoms with Gasteiger partial charge in [0.25, 0.3) is 5.91 Å². The molecule has 0 atom stereocenters. The molecule has 0 spiro atoms. The van der Waals surface area contributed by atoms with Crippen LogP contribution in [0.3, 0.4) is 0 Å². The van der Waals surface area contributed by atoms with E-state index in [2.05, 4.69) is 10.3 Å². The van der Waals surface area contributed by atoms with Crippen LogP contribution in [0.4, 0.5) is 0 Å². The molecule has 2 aromatic rings. The number of aryl methyl sites for hydroxylation is 2. The standard InChI is InChI=1S/C19H23N3O3/c1-13-10-17(14(2)25-13)19(24)22(16-5-6-16)9-7-18(23)21-12-15-4-3-8-20-11-15/h3-4,8,10-11,16H,5-7,9,12H2,1-2H3,(H,21,23). The number of nitrogens with zero attached hydrogens (tertiary/aromatic N) is 2. The Kier molecular flexibility index (Phi) is 5.16. The SMILES string of the molecule is Cc1cc(C(=O)N(CCC(=O)NCc2cccnc2)C2CC2)c(C)o1. The predicted molar refractivity (Wildman–Crippen MR) is 92.9 cm³/mol. The van der Waals surface area contributed by atoms with Crippen LogP contribution in [0.25, 0.3) is 0 Å². The highest BCUT2D eigenvalue weighted by atomic mass is 16.3. The molecular weight excluding hydrogens is 318 g/mol. The number of hydrogen-bond acceptors (Lipinski definition) is 4. The van der Waals surface area contributed by atoms with E-state index in [0.29, 0.717) is 30.8 Å². The summed E-state index contributed by atoms with van der Waals surface area (Å²) in [6.07, 6.45) is 5.71. The van der Waals surface area contributed by atoms with Crippen molar-refractivity contribution < 1.29 is 14.0 Å². The van der Waals surface area contributed by atoms with Crippen molar-refractivity contribution in [1.82, 2.24) is 15.2 Å². The average molecular weight is 341 g/mol.